The van der Waals surface area contributed by atoms with Gasteiger partial charge in [-0.3, -0.25) is 4.79 Å². The van der Waals surface area contributed by atoms with Crippen molar-refractivity contribution in [2.75, 3.05) is 33.4 Å². The first kappa shape index (κ1) is 13.5. The Bertz CT molecular complexity index is 206. The van der Waals surface area contributed by atoms with Crippen molar-refractivity contribution in [1.29, 1.82) is 0 Å². The van der Waals surface area contributed by atoms with E-state index in [1.165, 1.54) is 12.8 Å². The normalized spacial score (nSPS) is 22.2. The van der Waals surface area contributed by atoms with Crippen LogP contribution in [0.3, 0.4) is 0 Å². The Morgan fingerprint density at radius 3 is 3.00 bits per heavy atom. The molecule has 16 heavy (non-hydrogen) atoms. The predicted octanol–water partition coefficient (Wildman–Crippen LogP) is 1.60. The van der Waals surface area contributed by atoms with E-state index < -0.39 is 5.97 Å². The minimum atomic E-state index is -0.684. The second kappa shape index (κ2) is 7.63. The zero-order chi connectivity index (χ0) is 11.8. The second-order valence-corrected chi connectivity index (χ2v) is 4.62. The summed E-state index contributed by atoms with van der Waals surface area (Å²) < 4.78 is 5.18. The van der Waals surface area contributed by atoms with Crippen LogP contribution >= 0.6 is 0 Å². The number of ether oxygens (including phenoxy) is 1. The standard InChI is InChI=1S/C12H23NO3/c1-16-10-11-5-4-8-13(9-11)7-3-2-6-12(14)15/h11H,2-10H2,1H3,(H,14,15). The van der Waals surface area contributed by atoms with Gasteiger partial charge in [0.2, 0.25) is 0 Å². The third kappa shape index (κ3) is 5.47. The lowest BCUT2D eigenvalue weighted by molar-refractivity contribution is -0.137. The molecule has 0 aromatic carbocycles. The van der Waals surface area contributed by atoms with Crippen LogP contribution in [0, 0.1) is 5.92 Å². The Labute approximate surface area is 97.6 Å². The highest BCUT2D eigenvalue weighted by Crippen LogP contribution is 2.17. The molecule has 1 N–H and O–H groups in total. The zero-order valence-corrected chi connectivity index (χ0v) is 10.2. The molecule has 0 radical (unpaired) electrons. The quantitative estimate of drug-likeness (QED) is 0.674. The number of hydrogen-bond donors (Lipinski definition) is 1. The molecule has 0 aromatic heterocycles. The Kier molecular flexibility index (Phi) is 6.42. The number of nitrogens with zero attached hydrogens (tertiary/aromatic N) is 1. The van der Waals surface area contributed by atoms with Crippen molar-refractivity contribution in [2.45, 2.75) is 32.1 Å². The minimum absolute atomic E-state index is 0.301. The van der Waals surface area contributed by atoms with Gasteiger partial charge in [0, 0.05) is 20.1 Å². The summed E-state index contributed by atoms with van der Waals surface area (Å²) in [5.41, 5.74) is 0. The van der Waals surface area contributed by atoms with E-state index in [1.54, 1.807) is 7.11 Å². The SMILES string of the molecule is COCC1CCCN(CCCCC(=O)O)C1. The molecule has 1 saturated heterocycles. The first-order valence-corrected chi connectivity index (χ1v) is 6.15. The van der Waals surface area contributed by atoms with Crippen LogP contribution in [0.4, 0.5) is 0 Å². The van der Waals surface area contributed by atoms with Crippen LogP contribution in [0.1, 0.15) is 32.1 Å². The lowest BCUT2D eigenvalue weighted by Crippen LogP contribution is -2.37. The molecule has 1 heterocycles. The number of unbranched alkanes of at least 4 members (excludes halogenated alkanes) is 1. The zero-order valence-electron chi connectivity index (χ0n) is 10.2. The summed E-state index contributed by atoms with van der Waals surface area (Å²) in [5, 5.41) is 8.53. The lowest BCUT2D eigenvalue weighted by Gasteiger charge is -2.32. The maximum Gasteiger partial charge on any atom is 0.303 e. The van der Waals surface area contributed by atoms with Gasteiger partial charge in [0.05, 0.1) is 6.61 Å². The highest BCUT2D eigenvalue weighted by Gasteiger charge is 2.18. The van der Waals surface area contributed by atoms with Crippen molar-refractivity contribution in [3.63, 3.8) is 0 Å². The molecule has 0 bridgehead atoms. The number of carboxylic acid groups (broad SMARTS) is 1. The molecule has 94 valence electrons. The number of rotatable bonds is 7. The number of methoxy groups -OCH3 is 1. The average molecular weight is 229 g/mol. The maximum atomic E-state index is 10.4. The molecule has 1 aliphatic heterocycles. The van der Waals surface area contributed by atoms with E-state index in [-0.39, 0.29) is 0 Å². The van der Waals surface area contributed by atoms with E-state index in [9.17, 15) is 4.79 Å². The van der Waals surface area contributed by atoms with Crippen LogP contribution in [-0.4, -0.2) is 49.3 Å². The van der Waals surface area contributed by atoms with Crippen molar-refractivity contribution in [1.82, 2.24) is 4.90 Å². The van der Waals surface area contributed by atoms with Gasteiger partial charge in [-0.05, 0) is 44.7 Å². The van der Waals surface area contributed by atoms with Crippen molar-refractivity contribution in [3.8, 4) is 0 Å². The van der Waals surface area contributed by atoms with E-state index in [0.717, 1.165) is 39.1 Å². The molecular formula is C12H23NO3. The van der Waals surface area contributed by atoms with Crippen molar-refractivity contribution >= 4 is 5.97 Å². The van der Waals surface area contributed by atoms with Gasteiger partial charge < -0.3 is 14.7 Å². The minimum Gasteiger partial charge on any atom is -0.481 e. The van der Waals surface area contributed by atoms with Crippen LogP contribution in [0.2, 0.25) is 0 Å². The number of piperidine rings is 1. The van der Waals surface area contributed by atoms with E-state index in [2.05, 4.69) is 4.90 Å². The third-order valence-electron chi connectivity index (χ3n) is 3.12. The molecule has 4 heteroatoms. The molecule has 0 spiro atoms. The van der Waals surface area contributed by atoms with Crippen molar-refractivity contribution in [2.24, 2.45) is 5.92 Å². The fourth-order valence-electron chi connectivity index (χ4n) is 2.34. The largest absolute Gasteiger partial charge is 0.481 e. The third-order valence-corrected chi connectivity index (χ3v) is 3.12. The summed E-state index contributed by atoms with van der Waals surface area (Å²) in [4.78, 5) is 12.8. The van der Waals surface area contributed by atoms with Crippen LogP contribution in [0.15, 0.2) is 0 Å². The number of aliphatic carboxylic acids is 1. The topological polar surface area (TPSA) is 49.8 Å². The van der Waals surface area contributed by atoms with Gasteiger partial charge in [-0.1, -0.05) is 0 Å². The lowest BCUT2D eigenvalue weighted by atomic mass is 9.99. The van der Waals surface area contributed by atoms with Gasteiger partial charge >= 0.3 is 5.97 Å². The summed E-state index contributed by atoms with van der Waals surface area (Å²) >= 11 is 0. The number of carboxylic acids is 1. The molecule has 1 fully saturated rings. The highest BCUT2D eigenvalue weighted by molar-refractivity contribution is 5.66. The molecule has 1 atom stereocenters. The summed E-state index contributed by atoms with van der Waals surface area (Å²) in [5.74, 6) is -0.0193. The summed E-state index contributed by atoms with van der Waals surface area (Å²) in [7, 11) is 1.76. The van der Waals surface area contributed by atoms with Gasteiger partial charge in [0.1, 0.15) is 0 Å². The van der Waals surface area contributed by atoms with Crippen molar-refractivity contribution < 1.29 is 14.6 Å². The molecule has 0 amide bonds. The molecular weight excluding hydrogens is 206 g/mol. The molecule has 0 aromatic rings. The number of hydrogen-bond acceptors (Lipinski definition) is 3. The molecule has 0 aliphatic carbocycles. The summed E-state index contributed by atoms with van der Waals surface area (Å²) in [6, 6.07) is 0. The fourth-order valence-corrected chi connectivity index (χ4v) is 2.34. The van der Waals surface area contributed by atoms with Gasteiger partial charge in [-0.2, -0.15) is 0 Å². The van der Waals surface area contributed by atoms with Gasteiger partial charge in [0.25, 0.3) is 0 Å². The van der Waals surface area contributed by atoms with Crippen LogP contribution < -0.4 is 0 Å². The van der Waals surface area contributed by atoms with E-state index in [0.29, 0.717) is 12.3 Å². The Morgan fingerprint density at radius 1 is 1.50 bits per heavy atom. The monoisotopic (exact) mass is 229 g/mol. The molecule has 4 nitrogen and oxygen atoms in total. The number of carbonyl (C=O) groups is 1. The first-order chi connectivity index (χ1) is 7.72. The highest BCUT2D eigenvalue weighted by atomic mass is 16.5. The molecule has 1 aliphatic rings. The average Bonchev–Trinajstić information content (AvgIpc) is 2.25. The second-order valence-electron chi connectivity index (χ2n) is 4.62. The number of likely N-dealkylation sites (tertiary alicyclic amines) is 1. The van der Waals surface area contributed by atoms with Crippen LogP contribution in [0.5, 0.6) is 0 Å². The fraction of sp³-hybridized carbons (Fsp3) is 0.917. The van der Waals surface area contributed by atoms with E-state index in [4.69, 9.17) is 9.84 Å². The van der Waals surface area contributed by atoms with Crippen LogP contribution in [-0.2, 0) is 9.53 Å². The molecule has 1 rings (SSSR count). The van der Waals surface area contributed by atoms with Gasteiger partial charge in [0.15, 0.2) is 0 Å². The van der Waals surface area contributed by atoms with E-state index in [1.807, 2.05) is 0 Å². The first-order valence-electron chi connectivity index (χ1n) is 6.15. The van der Waals surface area contributed by atoms with Crippen LogP contribution in [0.25, 0.3) is 0 Å². The molecule has 1 unspecified atom stereocenters. The smallest absolute Gasteiger partial charge is 0.303 e. The predicted molar refractivity (Wildman–Crippen MR) is 62.5 cm³/mol. The van der Waals surface area contributed by atoms with E-state index >= 15 is 0 Å². The maximum absolute atomic E-state index is 10.4. The summed E-state index contributed by atoms with van der Waals surface area (Å²) in [6.07, 6.45) is 4.59. The van der Waals surface area contributed by atoms with Crippen molar-refractivity contribution in [3.05, 3.63) is 0 Å². The Balaban J connectivity index is 2.09. The van der Waals surface area contributed by atoms with Gasteiger partial charge in [-0.25, -0.2) is 0 Å². The Hall–Kier alpha value is -0.610. The molecule has 0 saturated carbocycles. The van der Waals surface area contributed by atoms with Gasteiger partial charge in [-0.15, -0.1) is 0 Å². The Morgan fingerprint density at radius 2 is 2.31 bits per heavy atom. The summed E-state index contributed by atoms with van der Waals surface area (Å²) in [6.45, 7) is 4.16.